The highest BCUT2D eigenvalue weighted by Crippen LogP contribution is 2.39. The summed E-state index contributed by atoms with van der Waals surface area (Å²) in [6, 6.07) is 6.24. The van der Waals surface area contributed by atoms with E-state index in [0.29, 0.717) is 19.1 Å². The van der Waals surface area contributed by atoms with Gasteiger partial charge in [0.15, 0.2) is 11.5 Å². The third-order valence-electron chi connectivity index (χ3n) is 6.50. The van der Waals surface area contributed by atoms with Gasteiger partial charge in [0, 0.05) is 32.7 Å². The van der Waals surface area contributed by atoms with Crippen LogP contribution >= 0.6 is 0 Å². The summed E-state index contributed by atoms with van der Waals surface area (Å²) in [5.74, 6) is 3.38. The van der Waals surface area contributed by atoms with Gasteiger partial charge in [0.1, 0.15) is 13.2 Å². The molecule has 4 rings (SSSR count). The summed E-state index contributed by atoms with van der Waals surface area (Å²) in [5.41, 5.74) is 7.32. The minimum atomic E-state index is 0.642. The van der Waals surface area contributed by atoms with E-state index >= 15 is 0 Å². The molecule has 2 aliphatic heterocycles. The maximum Gasteiger partial charge on any atom is 0.184 e. The highest BCUT2D eigenvalue weighted by Gasteiger charge is 2.25. The topological polar surface area (TPSA) is 51.0 Å². The van der Waals surface area contributed by atoms with E-state index in [-0.39, 0.29) is 0 Å². The number of ether oxygens (including phenoxy) is 2. The van der Waals surface area contributed by atoms with Gasteiger partial charge in [-0.1, -0.05) is 38.2 Å². The number of hydrogen-bond acceptors (Lipinski definition) is 5. The Labute approximate surface area is 163 Å². The van der Waals surface area contributed by atoms with Crippen molar-refractivity contribution in [3.63, 3.8) is 0 Å². The van der Waals surface area contributed by atoms with Crippen molar-refractivity contribution < 1.29 is 9.47 Å². The Kier molecular flexibility index (Phi) is 6.40. The van der Waals surface area contributed by atoms with Crippen molar-refractivity contribution in [2.45, 2.75) is 38.5 Å². The van der Waals surface area contributed by atoms with Crippen LogP contribution in [-0.4, -0.2) is 57.4 Å². The van der Waals surface area contributed by atoms with Crippen molar-refractivity contribution in [2.24, 2.45) is 17.6 Å². The van der Waals surface area contributed by atoms with Crippen molar-refractivity contribution in [3.05, 3.63) is 18.2 Å². The molecule has 1 aliphatic carbocycles. The Morgan fingerprint density at radius 1 is 1.00 bits per heavy atom. The summed E-state index contributed by atoms with van der Waals surface area (Å²) in [5, 5.41) is 0. The molecule has 2 N–H and O–H groups in total. The lowest BCUT2D eigenvalue weighted by Gasteiger charge is -2.39. The zero-order valence-corrected chi connectivity index (χ0v) is 16.6. The largest absolute Gasteiger partial charge is 0.486 e. The summed E-state index contributed by atoms with van der Waals surface area (Å²) in [6.45, 7) is 7.56. The first kappa shape index (κ1) is 18.9. The van der Waals surface area contributed by atoms with E-state index in [2.05, 4.69) is 21.9 Å². The second-order valence-corrected chi connectivity index (χ2v) is 8.43. The number of para-hydroxylation sites is 1. The van der Waals surface area contributed by atoms with Crippen molar-refractivity contribution in [1.82, 2.24) is 4.90 Å². The molecule has 1 saturated heterocycles. The molecule has 1 atom stereocenters. The van der Waals surface area contributed by atoms with Gasteiger partial charge in [0.2, 0.25) is 0 Å². The molecule has 0 bridgehead atoms. The van der Waals surface area contributed by atoms with Crippen LogP contribution in [0, 0.1) is 11.8 Å². The van der Waals surface area contributed by atoms with Crippen LogP contribution in [0.3, 0.4) is 0 Å². The van der Waals surface area contributed by atoms with Gasteiger partial charge in [0.25, 0.3) is 0 Å². The van der Waals surface area contributed by atoms with E-state index in [4.69, 9.17) is 15.2 Å². The van der Waals surface area contributed by atoms with Crippen LogP contribution < -0.4 is 20.1 Å². The van der Waals surface area contributed by atoms with Crippen molar-refractivity contribution in [1.29, 1.82) is 0 Å². The molecule has 0 aromatic heterocycles. The fraction of sp³-hybridized carbons (Fsp3) is 0.727. The molecule has 0 radical (unpaired) electrons. The Morgan fingerprint density at radius 2 is 1.78 bits per heavy atom. The lowest BCUT2D eigenvalue weighted by molar-refractivity contribution is 0.170. The van der Waals surface area contributed by atoms with Gasteiger partial charge < -0.3 is 20.1 Å². The Hall–Kier alpha value is -1.46. The summed E-state index contributed by atoms with van der Waals surface area (Å²) in [4.78, 5) is 5.06. The predicted molar refractivity (Wildman–Crippen MR) is 110 cm³/mol. The number of hydrogen-bond donors (Lipinski definition) is 1. The Morgan fingerprint density at radius 3 is 2.56 bits per heavy atom. The van der Waals surface area contributed by atoms with E-state index in [1.54, 1.807) is 0 Å². The molecule has 0 amide bonds. The van der Waals surface area contributed by atoms with Crippen molar-refractivity contribution in [2.75, 3.05) is 57.4 Å². The van der Waals surface area contributed by atoms with E-state index in [9.17, 15) is 0 Å². The quantitative estimate of drug-likeness (QED) is 0.830. The molecule has 1 aromatic rings. The monoisotopic (exact) mass is 373 g/mol. The average molecular weight is 374 g/mol. The normalized spacial score (nSPS) is 22.6. The third-order valence-corrected chi connectivity index (χ3v) is 6.50. The summed E-state index contributed by atoms with van der Waals surface area (Å²) in [6.07, 6.45) is 8.45. The number of nitrogens with two attached hydrogens (primary N) is 1. The van der Waals surface area contributed by atoms with Gasteiger partial charge in [-0.05, 0) is 36.9 Å². The van der Waals surface area contributed by atoms with E-state index in [1.165, 1.54) is 44.2 Å². The van der Waals surface area contributed by atoms with Crippen LogP contribution in [0.15, 0.2) is 18.2 Å². The first-order chi connectivity index (χ1) is 13.3. The molecule has 27 heavy (non-hydrogen) atoms. The van der Waals surface area contributed by atoms with Crippen LogP contribution in [-0.2, 0) is 0 Å². The highest BCUT2D eigenvalue weighted by atomic mass is 16.6. The number of anilines is 1. The lowest BCUT2D eigenvalue weighted by Crippen LogP contribution is -2.48. The molecular weight excluding hydrogens is 338 g/mol. The van der Waals surface area contributed by atoms with Gasteiger partial charge in [0.05, 0.1) is 5.69 Å². The van der Waals surface area contributed by atoms with Crippen molar-refractivity contribution >= 4 is 5.69 Å². The van der Waals surface area contributed by atoms with Crippen LogP contribution in [0.5, 0.6) is 11.5 Å². The number of nitrogens with zero attached hydrogens (tertiary/aromatic N) is 2. The second kappa shape index (κ2) is 9.16. The van der Waals surface area contributed by atoms with E-state index in [0.717, 1.165) is 56.7 Å². The van der Waals surface area contributed by atoms with Crippen LogP contribution in [0.1, 0.15) is 38.5 Å². The molecule has 2 heterocycles. The highest BCUT2D eigenvalue weighted by molar-refractivity contribution is 5.65. The molecular formula is C22H35N3O2. The van der Waals surface area contributed by atoms with Gasteiger partial charge in [-0.25, -0.2) is 0 Å². The Balaban J connectivity index is 1.30. The van der Waals surface area contributed by atoms with Crippen LogP contribution in [0.4, 0.5) is 5.69 Å². The van der Waals surface area contributed by atoms with Crippen LogP contribution in [0.2, 0.25) is 0 Å². The van der Waals surface area contributed by atoms with Gasteiger partial charge in [-0.2, -0.15) is 0 Å². The third kappa shape index (κ3) is 4.69. The predicted octanol–water partition coefficient (Wildman–Crippen LogP) is 3.13. The van der Waals surface area contributed by atoms with Crippen molar-refractivity contribution in [3.8, 4) is 11.5 Å². The maximum atomic E-state index is 6.13. The molecule has 5 nitrogen and oxygen atoms in total. The molecule has 150 valence electrons. The minimum absolute atomic E-state index is 0.642. The van der Waals surface area contributed by atoms with Gasteiger partial charge in [-0.3, -0.25) is 4.90 Å². The van der Waals surface area contributed by atoms with E-state index in [1.807, 2.05) is 6.07 Å². The lowest BCUT2D eigenvalue weighted by atomic mass is 9.82. The number of benzene rings is 1. The first-order valence-corrected chi connectivity index (χ1v) is 10.9. The molecule has 1 saturated carbocycles. The molecule has 1 aromatic carbocycles. The molecule has 2 fully saturated rings. The molecule has 0 spiro atoms. The first-order valence-electron chi connectivity index (χ1n) is 10.9. The zero-order chi connectivity index (χ0) is 18.5. The zero-order valence-electron chi connectivity index (χ0n) is 16.6. The maximum absolute atomic E-state index is 6.13. The fourth-order valence-electron chi connectivity index (χ4n) is 4.98. The van der Waals surface area contributed by atoms with E-state index < -0.39 is 0 Å². The van der Waals surface area contributed by atoms with Gasteiger partial charge in [-0.15, -0.1) is 0 Å². The fourth-order valence-corrected chi connectivity index (χ4v) is 4.98. The number of piperazine rings is 1. The number of fused-ring (bicyclic) bond motifs is 1. The van der Waals surface area contributed by atoms with Gasteiger partial charge >= 0.3 is 0 Å². The summed E-state index contributed by atoms with van der Waals surface area (Å²) in [7, 11) is 0. The van der Waals surface area contributed by atoms with Crippen LogP contribution in [0.25, 0.3) is 0 Å². The minimum Gasteiger partial charge on any atom is -0.486 e. The Bertz CT molecular complexity index is 595. The average Bonchev–Trinajstić information content (AvgIpc) is 2.74. The standard InChI is InChI=1S/C22H35N3O2/c23-16-19(15-18-5-2-1-3-6-18)17-24-9-11-25(12-10-24)20-7-4-8-21-22(20)27-14-13-26-21/h4,7-8,18-19H,1-3,5-6,9-17,23H2/t19-/m1/s1. The second-order valence-electron chi connectivity index (χ2n) is 8.43. The smallest absolute Gasteiger partial charge is 0.184 e. The molecule has 3 aliphatic rings. The molecule has 0 unspecified atom stereocenters. The SMILES string of the molecule is NC[C@@H](CC1CCCCC1)CN1CCN(c2cccc3c2OCCO3)CC1. The summed E-state index contributed by atoms with van der Waals surface area (Å²) >= 11 is 0. The molecule has 5 heteroatoms. The summed E-state index contributed by atoms with van der Waals surface area (Å²) < 4.78 is 11.6. The number of rotatable bonds is 6.